The molecule has 1 atom stereocenters. The van der Waals surface area contributed by atoms with Crippen molar-refractivity contribution in [3.05, 3.63) is 58.3 Å². The molecule has 0 aromatic carbocycles. The van der Waals surface area contributed by atoms with Crippen molar-refractivity contribution in [3.8, 4) is 0 Å². The highest BCUT2D eigenvalue weighted by atomic mass is 32.1. The van der Waals surface area contributed by atoms with Gasteiger partial charge in [0.2, 0.25) is 5.91 Å². The fourth-order valence-electron chi connectivity index (χ4n) is 4.50. The third-order valence-corrected chi connectivity index (χ3v) is 7.17. The Bertz CT molecular complexity index is 1060. The number of tetrazole rings is 1. The Kier molecular flexibility index (Phi) is 7.96. The van der Waals surface area contributed by atoms with Gasteiger partial charge < -0.3 is 15.5 Å². The fraction of sp³-hybridized carbons (Fsp3) is 0.478. The molecule has 10 nitrogen and oxygen atoms in total. The second-order valence-corrected chi connectivity index (χ2v) is 9.42. The molecule has 4 rings (SSSR count). The minimum absolute atomic E-state index is 0.00447. The molecule has 0 aliphatic carbocycles. The molecule has 1 aliphatic rings. The summed E-state index contributed by atoms with van der Waals surface area (Å²) in [5.74, 6) is -0.433. The SMILES string of the molecule is C[C@H](CCc1ncccc1C(N)=O)N1CCC(N(Cc2ccsc2)C(=O)Cn2ncnn2)CC1. The average Bonchev–Trinajstić information content (AvgIpc) is 3.55. The highest BCUT2D eigenvalue weighted by Gasteiger charge is 2.30. The number of likely N-dealkylation sites (tertiary alicyclic amines) is 1. The molecular weight excluding hydrogens is 452 g/mol. The summed E-state index contributed by atoms with van der Waals surface area (Å²) in [5, 5.41) is 15.7. The van der Waals surface area contributed by atoms with Crippen LogP contribution in [0.15, 0.2) is 41.5 Å². The number of carbonyl (C=O) groups is 2. The predicted molar refractivity (Wildman–Crippen MR) is 128 cm³/mol. The third kappa shape index (κ3) is 6.03. The van der Waals surface area contributed by atoms with Gasteiger partial charge in [0, 0.05) is 37.9 Å². The van der Waals surface area contributed by atoms with Gasteiger partial charge in [0.1, 0.15) is 6.54 Å². The van der Waals surface area contributed by atoms with E-state index in [1.165, 1.54) is 11.1 Å². The Morgan fingerprint density at radius 2 is 2.12 bits per heavy atom. The first-order valence-electron chi connectivity index (χ1n) is 11.5. The lowest BCUT2D eigenvalue weighted by Gasteiger charge is -2.40. The Hall–Kier alpha value is -3.18. The number of aryl methyl sites for hydroxylation is 1. The molecule has 0 radical (unpaired) electrons. The van der Waals surface area contributed by atoms with E-state index in [0.29, 0.717) is 24.6 Å². The zero-order chi connectivity index (χ0) is 23.9. The number of primary amides is 1. The Balaban J connectivity index is 1.34. The molecule has 4 heterocycles. The van der Waals surface area contributed by atoms with Crippen molar-refractivity contribution < 1.29 is 9.59 Å². The van der Waals surface area contributed by atoms with Crippen LogP contribution in [-0.2, 0) is 24.3 Å². The Labute approximate surface area is 202 Å². The van der Waals surface area contributed by atoms with Crippen molar-refractivity contribution in [2.24, 2.45) is 5.73 Å². The second kappa shape index (κ2) is 11.3. The van der Waals surface area contributed by atoms with Crippen LogP contribution in [0.5, 0.6) is 0 Å². The zero-order valence-corrected chi connectivity index (χ0v) is 20.1. The normalized spacial score (nSPS) is 15.8. The summed E-state index contributed by atoms with van der Waals surface area (Å²) in [6.07, 6.45) is 6.44. The summed E-state index contributed by atoms with van der Waals surface area (Å²) in [7, 11) is 0. The van der Waals surface area contributed by atoms with Crippen LogP contribution in [0.25, 0.3) is 0 Å². The highest BCUT2D eigenvalue weighted by Crippen LogP contribution is 2.23. The van der Waals surface area contributed by atoms with Gasteiger partial charge in [-0.1, -0.05) is 0 Å². The second-order valence-electron chi connectivity index (χ2n) is 8.64. The lowest BCUT2D eigenvalue weighted by molar-refractivity contribution is -0.136. The summed E-state index contributed by atoms with van der Waals surface area (Å²) in [6.45, 7) is 4.70. The molecule has 0 saturated carbocycles. The number of hydrogen-bond acceptors (Lipinski definition) is 8. The first kappa shape index (κ1) is 24.0. The zero-order valence-electron chi connectivity index (χ0n) is 19.3. The first-order chi connectivity index (χ1) is 16.5. The average molecular weight is 483 g/mol. The molecule has 1 aliphatic heterocycles. The molecule has 0 unspecified atom stereocenters. The number of aromatic nitrogens is 5. The Morgan fingerprint density at radius 1 is 1.29 bits per heavy atom. The van der Waals surface area contributed by atoms with Gasteiger partial charge in [-0.25, -0.2) is 0 Å². The molecule has 2 amide bonds. The number of rotatable bonds is 10. The van der Waals surface area contributed by atoms with E-state index in [9.17, 15) is 9.59 Å². The van der Waals surface area contributed by atoms with Crippen LogP contribution in [0.1, 0.15) is 47.8 Å². The van der Waals surface area contributed by atoms with E-state index in [4.69, 9.17) is 5.73 Å². The van der Waals surface area contributed by atoms with E-state index in [0.717, 1.165) is 43.6 Å². The van der Waals surface area contributed by atoms with Gasteiger partial charge in [-0.3, -0.25) is 14.6 Å². The molecule has 2 N–H and O–H groups in total. The van der Waals surface area contributed by atoms with E-state index >= 15 is 0 Å². The van der Waals surface area contributed by atoms with Crippen molar-refractivity contribution in [2.75, 3.05) is 13.1 Å². The van der Waals surface area contributed by atoms with Gasteiger partial charge in [-0.15, -0.1) is 10.2 Å². The van der Waals surface area contributed by atoms with E-state index in [2.05, 4.69) is 43.7 Å². The van der Waals surface area contributed by atoms with Crippen LogP contribution in [0.2, 0.25) is 0 Å². The van der Waals surface area contributed by atoms with E-state index in [-0.39, 0.29) is 18.5 Å². The smallest absolute Gasteiger partial charge is 0.250 e. The molecular formula is C23H30N8O2S. The number of amides is 2. The van der Waals surface area contributed by atoms with Crippen LogP contribution in [-0.4, -0.2) is 72.0 Å². The van der Waals surface area contributed by atoms with E-state index in [1.54, 1.807) is 29.7 Å². The number of thiophene rings is 1. The number of nitrogens with zero attached hydrogens (tertiary/aromatic N) is 7. The van der Waals surface area contributed by atoms with Crippen LogP contribution >= 0.6 is 11.3 Å². The topological polar surface area (TPSA) is 123 Å². The molecule has 34 heavy (non-hydrogen) atoms. The van der Waals surface area contributed by atoms with Crippen LogP contribution < -0.4 is 5.73 Å². The number of pyridine rings is 1. The van der Waals surface area contributed by atoms with Crippen molar-refractivity contribution in [3.63, 3.8) is 0 Å². The molecule has 3 aromatic rings. The lowest BCUT2D eigenvalue weighted by atomic mass is 9.98. The van der Waals surface area contributed by atoms with Crippen LogP contribution in [0.3, 0.4) is 0 Å². The van der Waals surface area contributed by atoms with Crippen LogP contribution in [0, 0.1) is 0 Å². The minimum atomic E-state index is -0.437. The molecule has 11 heteroatoms. The maximum atomic E-state index is 13.1. The number of nitrogens with two attached hydrogens (primary N) is 1. The van der Waals surface area contributed by atoms with Crippen molar-refractivity contribution in [1.29, 1.82) is 0 Å². The molecule has 1 saturated heterocycles. The Morgan fingerprint density at radius 3 is 2.79 bits per heavy atom. The maximum absolute atomic E-state index is 13.1. The van der Waals surface area contributed by atoms with E-state index in [1.807, 2.05) is 10.3 Å². The van der Waals surface area contributed by atoms with E-state index < -0.39 is 5.91 Å². The monoisotopic (exact) mass is 482 g/mol. The third-order valence-electron chi connectivity index (χ3n) is 6.44. The molecule has 3 aromatic heterocycles. The van der Waals surface area contributed by atoms with Gasteiger partial charge >= 0.3 is 0 Å². The first-order valence-corrected chi connectivity index (χ1v) is 12.4. The molecule has 0 spiro atoms. The molecule has 1 fully saturated rings. The van der Waals surface area contributed by atoms with Crippen LogP contribution in [0.4, 0.5) is 0 Å². The summed E-state index contributed by atoms with van der Waals surface area (Å²) in [4.78, 5) is 34.9. The van der Waals surface area contributed by atoms with Gasteiger partial charge in [0.05, 0.1) is 11.3 Å². The number of hydrogen-bond donors (Lipinski definition) is 1. The lowest BCUT2D eigenvalue weighted by Crippen LogP contribution is -2.49. The fourth-order valence-corrected chi connectivity index (χ4v) is 5.16. The van der Waals surface area contributed by atoms with Gasteiger partial charge in [0.15, 0.2) is 6.33 Å². The molecule has 180 valence electrons. The summed E-state index contributed by atoms with van der Waals surface area (Å²) in [5.41, 5.74) is 7.88. The van der Waals surface area contributed by atoms with Crippen molar-refractivity contribution >= 4 is 23.2 Å². The largest absolute Gasteiger partial charge is 0.366 e. The van der Waals surface area contributed by atoms with Gasteiger partial charge in [-0.05, 0) is 72.3 Å². The molecule has 0 bridgehead atoms. The summed E-state index contributed by atoms with van der Waals surface area (Å²) >= 11 is 1.64. The van der Waals surface area contributed by atoms with Crippen molar-refractivity contribution in [1.82, 2.24) is 35.0 Å². The van der Waals surface area contributed by atoms with Gasteiger partial charge in [-0.2, -0.15) is 16.1 Å². The number of piperidine rings is 1. The quantitative estimate of drug-likeness (QED) is 0.467. The summed E-state index contributed by atoms with van der Waals surface area (Å²) < 4.78 is 0. The highest BCUT2D eigenvalue weighted by molar-refractivity contribution is 7.07. The standard InChI is InChI=1S/C23H30N8O2S/c1-17(4-5-21-20(23(24)33)3-2-9-25-21)29-10-6-19(7-11-29)30(13-18-8-12-34-15-18)22(32)14-31-27-16-26-28-31/h2-3,8-9,12,15-17,19H,4-7,10-11,13-14H2,1H3,(H2,24,33)/t17-/m1/s1. The predicted octanol–water partition coefficient (Wildman–Crippen LogP) is 1.74. The summed E-state index contributed by atoms with van der Waals surface area (Å²) in [6, 6.07) is 6.03. The van der Waals surface area contributed by atoms with Crippen molar-refractivity contribution in [2.45, 2.75) is 57.8 Å². The minimum Gasteiger partial charge on any atom is -0.366 e. The van der Waals surface area contributed by atoms with Gasteiger partial charge in [0.25, 0.3) is 5.91 Å². The maximum Gasteiger partial charge on any atom is 0.250 e. The number of carbonyl (C=O) groups excluding carboxylic acids is 2.